The molecular weight excluding hydrogens is 168 g/mol. The minimum absolute atomic E-state index is 0.0266. The predicted molar refractivity (Wildman–Crippen MR) is 50.3 cm³/mol. The van der Waals surface area contributed by atoms with Gasteiger partial charge in [-0.1, -0.05) is 6.42 Å². The molecule has 0 aromatic heterocycles. The average Bonchev–Trinajstić information content (AvgIpc) is 2.18. The number of hydrogen-bond donors (Lipinski definition) is 2. The van der Waals surface area contributed by atoms with Crippen molar-refractivity contribution < 1.29 is 9.53 Å². The maximum Gasteiger partial charge on any atom is 0.407 e. The molecule has 4 nitrogen and oxygen atoms in total. The van der Waals surface area contributed by atoms with Gasteiger partial charge in [0.2, 0.25) is 0 Å². The first-order chi connectivity index (χ1) is 6.27. The minimum atomic E-state index is -0.342. The fourth-order valence-electron chi connectivity index (χ4n) is 1.79. The van der Waals surface area contributed by atoms with Crippen LogP contribution in [0.5, 0.6) is 0 Å². The topological polar surface area (TPSA) is 64.3 Å². The smallest absolute Gasteiger partial charge is 0.407 e. The Morgan fingerprint density at radius 3 is 2.85 bits per heavy atom. The highest BCUT2D eigenvalue weighted by Gasteiger charge is 2.26. The van der Waals surface area contributed by atoms with Gasteiger partial charge in [-0.2, -0.15) is 0 Å². The molecule has 1 amide bonds. The Balaban J connectivity index is 2.40. The summed E-state index contributed by atoms with van der Waals surface area (Å²) >= 11 is 0. The lowest BCUT2D eigenvalue weighted by Crippen LogP contribution is -2.37. The van der Waals surface area contributed by atoms with E-state index in [2.05, 4.69) is 5.32 Å². The standard InChI is InChI=1S/C9H18N2O2/c1-11-9(12)13-8-5-3-2-4-7(8)6-10/h7-8H,2-6,10H2,1H3,(H,11,12). The van der Waals surface area contributed by atoms with E-state index in [9.17, 15) is 4.79 Å². The zero-order chi connectivity index (χ0) is 9.68. The lowest BCUT2D eigenvalue weighted by atomic mass is 9.86. The lowest BCUT2D eigenvalue weighted by molar-refractivity contribution is 0.0414. The van der Waals surface area contributed by atoms with E-state index in [1.807, 2.05) is 0 Å². The van der Waals surface area contributed by atoms with Crippen molar-refractivity contribution in [2.24, 2.45) is 11.7 Å². The van der Waals surface area contributed by atoms with Crippen molar-refractivity contribution in [2.45, 2.75) is 31.8 Å². The monoisotopic (exact) mass is 186 g/mol. The number of ether oxygens (including phenoxy) is 1. The summed E-state index contributed by atoms with van der Waals surface area (Å²) in [5, 5.41) is 2.45. The SMILES string of the molecule is CNC(=O)OC1CCCCC1CN. The molecule has 0 aromatic carbocycles. The van der Waals surface area contributed by atoms with E-state index in [-0.39, 0.29) is 12.2 Å². The molecular formula is C9H18N2O2. The number of carbonyl (C=O) groups excluding carboxylic acids is 1. The van der Waals surface area contributed by atoms with Crippen molar-refractivity contribution in [2.75, 3.05) is 13.6 Å². The largest absolute Gasteiger partial charge is 0.446 e. The van der Waals surface area contributed by atoms with Gasteiger partial charge in [-0.15, -0.1) is 0 Å². The molecule has 0 saturated heterocycles. The molecule has 1 saturated carbocycles. The second kappa shape index (κ2) is 5.07. The molecule has 1 aliphatic rings. The van der Waals surface area contributed by atoms with Crippen LogP contribution in [0.4, 0.5) is 4.79 Å². The first-order valence-electron chi connectivity index (χ1n) is 4.86. The fourth-order valence-corrected chi connectivity index (χ4v) is 1.79. The Labute approximate surface area is 78.8 Å². The summed E-state index contributed by atoms with van der Waals surface area (Å²) in [6, 6.07) is 0. The number of carbonyl (C=O) groups is 1. The summed E-state index contributed by atoms with van der Waals surface area (Å²) < 4.78 is 5.21. The lowest BCUT2D eigenvalue weighted by Gasteiger charge is -2.29. The zero-order valence-electron chi connectivity index (χ0n) is 8.08. The molecule has 0 heterocycles. The van der Waals surface area contributed by atoms with Crippen LogP contribution in [-0.2, 0) is 4.74 Å². The summed E-state index contributed by atoms with van der Waals surface area (Å²) in [5.74, 6) is 0.353. The molecule has 4 heteroatoms. The molecule has 1 rings (SSSR count). The third-order valence-electron chi connectivity index (χ3n) is 2.60. The fraction of sp³-hybridized carbons (Fsp3) is 0.889. The number of nitrogens with one attached hydrogen (secondary N) is 1. The molecule has 0 bridgehead atoms. The first kappa shape index (κ1) is 10.3. The molecule has 0 radical (unpaired) electrons. The van der Waals surface area contributed by atoms with Crippen LogP contribution in [0.3, 0.4) is 0 Å². The van der Waals surface area contributed by atoms with Gasteiger partial charge in [-0.25, -0.2) is 4.79 Å². The second-order valence-electron chi connectivity index (χ2n) is 3.47. The number of nitrogens with two attached hydrogens (primary N) is 1. The van der Waals surface area contributed by atoms with Crippen molar-refractivity contribution >= 4 is 6.09 Å². The van der Waals surface area contributed by atoms with Crippen LogP contribution in [-0.4, -0.2) is 25.8 Å². The van der Waals surface area contributed by atoms with Gasteiger partial charge in [0.05, 0.1) is 0 Å². The Morgan fingerprint density at radius 2 is 2.23 bits per heavy atom. The summed E-state index contributed by atoms with van der Waals surface area (Å²) in [6.45, 7) is 0.613. The van der Waals surface area contributed by atoms with Gasteiger partial charge < -0.3 is 15.8 Å². The summed E-state index contributed by atoms with van der Waals surface area (Å²) in [7, 11) is 1.57. The molecule has 1 fully saturated rings. The van der Waals surface area contributed by atoms with E-state index >= 15 is 0 Å². The molecule has 1 aliphatic carbocycles. The Kier molecular flexibility index (Phi) is 4.02. The summed E-state index contributed by atoms with van der Waals surface area (Å²) in [4.78, 5) is 11.0. The van der Waals surface area contributed by atoms with Gasteiger partial charge in [0.15, 0.2) is 0 Å². The Bertz CT molecular complexity index is 173. The van der Waals surface area contributed by atoms with E-state index < -0.39 is 0 Å². The third-order valence-corrected chi connectivity index (χ3v) is 2.60. The molecule has 0 aromatic rings. The number of hydrogen-bond acceptors (Lipinski definition) is 3. The van der Waals surface area contributed by atoms with Crippen molar-refractivity contribution in [3.05, 3.63) is 0 Å². The molecule has 0 spiro atoms. The van der Waals surface area contributed by atoms with Crippen LogP contribution in [0.15, 0.2) is 0 Å². The van der Waals surface area contributed by atoms with Crippen molar-refractivity contribution in [1.82, 2.24) is 5.32 Å². The Morgan fingerprint density at radius 1 is 1.54 bits per heavy atom. The van der Waals surface area contributed by atoms with Gasteiger partial charge in [0.25, 0.3) is 0 Å². The highest BCUT2D eigenvalue weighted by Crippen LogP contribution is 2.25. The van der Waals surface area contributed by atoms with Gasteiger partial charge >= 0.3 is 6.09 Å². The maximum atomic E-state index is 11.0. The number of amides is 1. The number of alkyl carbamates (subject to hydrolysis) is 1. The van der Waals surface area contributed by atoms with Crippen LogP contribution in [0.25, 0.3) is 0 Å². The zero-order valence-corrected chi connectivity index (χ0v) is 8.08. The second-order valence-corrected chi connectivity index (χ2v) is 3.47. The quantitative estimate of drug-likeness (QED) is 0.672. The first-order valence-corrected chi connectivity index (χ1v) is 4.86. The van der Waals surface area contributed by atoms with E-state index in [1.165, 1.54) is 6.42 Å². The molecule has 3 N–H and O–H groups in total. The highest BCUT2D eigenvalue weighted by molar-refractivity contribution is 5.66. The van der Waals surface area contributed by atoms with Crippen molar-refractivity contribution in [3.63, 3.8) is 0 Å². The van der Waals surface area contributed by atoms with Gasteiger partial charge in [-0.05, 0) is 25.8 Å². The van der Waals surface area contributed by atoms with E-state index in [1.54, 1.807) is 7.05 Å². The average molecular weight is 186 g/mol. The molecule has 0 aliphatic heterocycles. The van der Waals surface area contributed by atoms with Gasteiger partial charge in [-0.3, -0.25) is 0 Å². The van der Waals surface area contributed by atoms with E-state index in [4.69, 9.17) is 10.5 Å². The van der Waals surface area contributed by atoms with E-state index in [0.717, 1.165) is 19.3 Å². The van der Waals surface area contributed by atoms with Gasteiger partial charge in [0.1, 0.15) is 6.10 Å². The van der Waals surface area contributed by atoms with Crippen LogP contribution in [0.2, 0.25) is 0 Å². The Hall–Kier alpha value is -0.770. The molecule has 13 heavy (non-hydrogen) atoms. The predicted octanol–water partition coefficient (Wildman–Crippen LogP) is 0.860. The minimum Gasteiger partial charge on any atom is -0.446 e. The summed E-state index contributed by atoms with van der Waals surface area (Å²) in [6.07, 6.45) is 4.06. The highest BCUT2D eigenvalue weighted by atomic mass is 16.6. The summed E-state index contributed by atoms with van der Waals surface area (Å²) in [5.41, 5.74) is 5.60. The van der Waals surface area contributed by atoms with E-state index in [0.29, 0.717) is 12.5 Å². The third kappa shape index (κ3) is 2.88. The molecule has 2 unspecified atom stereocenters. The maximum absolute atomic E-state index is 11.0. The molecule has 2 atom stereocenters. The number of rotatable bonds is 2. The van der Waals surface area contributed by atoms with Crippen LogP contribution < -0.4 is 11.1 Å². The van der Waals surface area contributed by atoms with Gasteiger partial charge in [0, 0.05) is 13.0 Å². The van der Waals surface area contributed by atoms with Crippen LogP contribution in [0.1, 0.15) is 25.7 Å². The van der Waals surface area contributed by atoms with Crippen molar-refractivity contribution in [3.8, 4) is 0 Å². The normalized spacial score (nSPS) is 28.2. The van der Waals surface area contributed by atoms with Crippen molar-refractivity contribution in [1.29, 1.82) is 0 Å². The van der Waals surface area contributed by atoms with Crippen LogP contribution >= 0.6 is 0 Å². The molecule has 76 valence electrons. The van der Waals surface area contributed by atoms with Crippen LogP contribution in [0, 0.1) is 5.92 Å².